The summed E-state index contributed by atoms with van der Waals surface area (Å²) >= 11 is 1.45. The second-order valence-corrected chi connectivity index (χ2v) is 7.29. The number of halogens is 1. The first kappa shape index (κ1) is 19.7. The Morgan fingerprint density at radius 3 is 2.57 bits per heavy atom. The highest BCUT2D eigenvalue weighted by Gasteiger charge is 2.14. The van der Waals surface area contributed by atoms with Gasteiger partial charge in [0.25, 0.3) is 0 Å². The monoisotopic (exact) mass is 397 g/mol. The zero-order chi connectivity index (χ0) is 20.1. The van der Waals surface area contributed by atoms with Gasteiger partial charge in [-0.1, -0.05) is 12.1 Å². The number of aryl methyl sites for hydroxylation is 2. The zero-order valence-corrected chi connectivity index (χ0v) is 16.4. The van der Waals surface area contributed by atoms with Gasteiger partial charge in [0.15, 0.2) is 0 Å². The smallest absolute Gasteiger partial charge is 0.313 e. The maximum absolute atomic E-state index is 13.0. The van der Waals surface area contributed by atoms with Crippen molar-refractivity contribution >= 4 is 28.8 Å². The molecule has 0 spiro atoms. The zero-order valence-electron chi connectivity index (χ0n) is 15.6. The van der Waals surface area contributed by atoms with Gasteiger partial charge in [-0.25, -0.2) is 9.37 Å². The molecule has 0 unspecified atom stereocenters. The van der Waals surface area contributed by atoms with Crippen molar-refractivity contribution in [2.45, 2.75) is 20.3 Å². The number of amides is 2. The van der Waals surface area contributed by atoms with Crippen molar-refractivity contribution in [1.82, 2.24) is 10.3 Å². The van der Waals surface area contributed by atoms with Crippen LogP contribution in [0.25, 0.3) is 10.6 Å². The standard InChI is InChI=1S/C21H20FN3O2S/c1-13-3-4-14(2)18(11-13)25-20(27)19(26)23-10-9-17-12-28-21(24-17)15-5-7-16(22)8-6-15/h3-8,11-12H,9-10H2,1-2H3,(H,23,26)(H,25,27). The first-order valence-electron chi connectivity index (χ1n) is 8.79. The van der Waals surface area contributed by atoms with Gasteiger partial charge in [0.05, 0.1) is 5.69 Å². The molecule has 1 heterocycles. The number of anilines is 1. The molecular formula is C21H20FN3O2S. The lowest BCUT2D eigenvalue weighted by molar-refractivity contribution is -0.136. The topological polar surface area (TPSA) is 71.1 Å². The summed E-state index contributed by atoms with van der Waals surface area (Å²) in [5.41, 5.74) is 4.17. The fraction of sp³-hybridized carbons (Fsp3) is 0.190. The second-order valence-electron chi connectivity index (χ2n) is 6.43. The molecule has 5 nitrogen and oxygen atoms in total. The number of hydrogen-bond donors (Lipinski definition) is 2. The molecule has 0 saturated carbocycles. The summed E-state index contributed by atoms with van der Waals surface area (Å²) in [6.45, 7) is 4.09. The van der Waals surface area contributed by atoms with Crippen LogP contribution in [0.4, 0.5) is 10.1 Å². The normalized spacial score (nSPS) is 10.5. The number of rotatable bonds is 5. The molecule has 2 amide bonds. The Hall–Kier alpha value is -3.06. The van der Waals surface area contributed by atoms with Crippen LogP contribution in [-0.4, -0.2) is 23.3 Å². The van der Waals surface area contributed by atoms with Crippen LogP contribution in [0.3, 0.4) is 0 Å². The summed E-state index contributed by atoms with van der Waals surface area (Å²) in [4.78, 5) is 28.6. The molecule has 7 heteroatoms. The number of nitrogens with zero attached hydrogens (tertiary/aromatic N) is 1. The molecule has 0 atom stereocenters. The molecule has 0 aliphatic carbocycles. The molecule has 0 saturated heterocycles. The van der Waals surface area contributed by atoms with Crippen LogP contribution in [0.1, 0.15) is 16.8 Å². The van der Waals surface area contributed by atoms with Gasteiger partial charge in [-0.3, -0.25) is 9.59 Å². The predicted molar refractivity (Wildman–Crippen MR) is 109 cm³/mol. The first-order chi connectivity index (χ1) is 13.4. The van der Waals surface area contributed by atoms with Crippen LogP contribution >= 0.6 is 11.3 Å². The largest absolute Gasteiger partial charge is 0.347 e. The van der Waals surface area contributed by atoms with Gasteiger partial charge in [-0.05, 0) is 55.3 Å². The summed E-state index contributed by atoms with van der Waals surface area (Å²) in [6, 6.07) is 11.8. The number of nitrogens with one attached hydrogen (secondary N) is 2. The third kappa shape index (κ3) is 5.01. The second kappa shape index (κ2) is 8.75. The number of carbonyl (C=O) groups is 2. The molecule has 0 fully saturated rings. The van der Waals surface area contributed by atoms with Gasteiger partial charge in [0.2, 0.25) is 0 Å². The summed E-state index contributed by atoms with van der Waals surface area (Å²) in [5.74, 6) is -1.67. The first-order valence-corrected chi connectivity index (χ1v) is 9.67. The number of aromatic nitrogens is 1. The minimum atomic E-state index is -0.695. The van der Waals surface area contributed by atoms with Crippen LogP contribution in [-0.2, 0) is 16.0 Å². The van der Waals surface area contributed by atoms with Gasteiger partial charge in [0.1, 0.15) is 10.8 Å². The Morgan fingerprint density at radius 1 is 1.07 bits per heavy atom. The van der Waals surface area contributed by atoms with Gasteiger partial charge in [-0.2, -0.15) is 0 Å². The third-order valence-corrected chi connectivity index (χ3v) is 5.10. The number of carbonyl (C=O) groups excluding carboxylic acids is 2. The average Bonchev–Trinajstić information content (AvgIpc) is 3.14. The lowest BCUT2D eigenvalue weighted by Crippen LogP contribution is -2.36. The quantitative estimate of drug-likeness (QED) is 0.642. The van der Waals surface area contributed by atoms with Crippen molar-refractivity contribution in [3.8, 4) is 10.6 Å². The highest BCUT2D eigenvalue weighted by atomic mass is 32.1. The summed E-state index contributed by atoms with van der Waals surface area (Å²) in [5, 5.41) is 7.92. The van der Waals surface area contributed by atoms with E-state index >= 15 is 0 Å². The Balaban J connectivity index is 1.50. The summed E-state index contributed by atoms with van der Waals surface area (Å²) in [7, 11) is 0. The van der Waals surface area contributed by atoms with E-state index in [1.165, 1.54) is 23.5 Å². The minimum absolute atomic E-state index is 0.289. The maximum Gasteiger partial charge on any atom is 0.313 e. The fourth-order valence-corrected chi connectivity index (χ4v) is 3.44. The Kier molecular flexibility index (Phi) is 6.16. The van der Waals surface area contributed by atoms with Gasteiger partial charge >= 0.3 is 11.8 Å². The van der Waals surface area contributed by atoms with Crippen molar-refractivity contribution in [1.29, 1.82) is 0 Å². The van der Waals surface area contributed by atoms with Crippen molar-refractivity contribution in [2.24, 2.45) is 0 Å². The van der Waals surface area contributed by atoms with Crippen molar-refractivity contribution in [3.63, 3.8) is 0 Å². The summed E-state index contributed by atoms with van der Waals surface area (Å²) < 4.78 is 13.0. The van der Waals surface area contributed by atoms with Crippen molar-refractivity contribution < 1.29 is 14.0 Å². The molecule has 0 aliphatic rings. The average molecular weight is 397 g/mol. The highest BCUT2D eigenvalue weighted by molar-refractivity contribution is 7.13. The van der Waals surface area contributed by atoms with E-state index in [1.54, 1.807) is 12.1 Å². The summed E-state index contributed by atoms with van der Waals surface area (Å²) in [6.07, 6.45) is 0.500. The van der Waals surface area contributed by atoms with E-state index in [9.17, 15) is 14.0 Å². The van der Waals surface area contributed by atoms with Gasteiger partial charge in [0, 0.05) is 29.6 Å². The number of hydrogen-bond acceptors (Lipinski definition) is 4. The van der Waals surface area contributed by atoms with Crippen LogP contribution < -0.4 is 10.6 Å². The molecule has 0 aliphatic heterocycles. The van der Waals surface area contributed by atoms with E-state index in [-0.39, 0.29) is 5.82 Å². The predicted octanol–water partition coefficient (Wildman–Crippen LogP) is 3.86. The Bertz CT molecular complexity index is 999. The third-order valence-electron chi connectivity index (χ3n) is 4.16. The van der Waals surface area contributed by atoms with Crippen molar-refractivity contribution in [3.05, 3.63) is 70.5 Å². The molecule has 3 rings (SSSR count). The molecule has 28 heavy (non-hydrogen) atoms. The lowest BCUT2D eigenvalue weighted by Gasteiger charge is -2.09. The highest BCUT2D eigenvalue weighted by Crippen LogP contribution is 2.24. The molecule has 0 bridgehead atoms. The van der Waals surface area contributed by atoms with E-state index in [0.717, 1.165) is 27.4 Å². The molecule has 0 radical (unpaired) electrons. The minimum Gasteiger partial charge on any atom is -0.347 e. The molecule has 2 aromatic carbocycles. The Morgan fingerprint density at radius 2 is 1.82 bits per heavy atom. The van der Waals surface area contributed by atoms with E-state index < -0.39 is 11.8 Å². The van der Waals surface area contributed by atoms with Gasteiger partial charge in [-0.15, -0.1) is 11.3 Å². The van der Waals surface area contributed by atoms with Crippen molar-refractivity contribution in [2.75, 3.05) is 11.9 Å². The van der Waals surface area contributed by atoms with Crippen LogP contribution in [0.15, 0.2) is 47.8 Å². The molecule has 2 N–H and O–H groups in total. The van der Waals surface area contributed by atoms with E-state index in [1.807, 2.05) is 37.4 Å². The molecule has 144 valence electrons. The molecule has 3 aromatic rings. The lowest BCUT2D eigenvalue weighted by atomic mass is 10.1. The van der Waals surface area contributed by atoms with E-state index in [2.05, 4.69) is 15.6 Å². The van der Waals surface area contributed by atoms with Crippen LogP contribution in [0.2, 0.25) is 0 Å². The molecule has 1 aromatic heterocycles. The fourth-order valence-electron chi connectivity index (χ4n) is 2.58. The Labute approximate surface area is 166 Å². The SMILES string of the molecule is Cc1ccc(C)c(NC(=O)C(=O)NCCc2csc(-c3ccc(F)cc3)n2)c1. The van der Waals surface area contributed by atoms with Crippen LogP contribution in [0.5, 0.6) is 0 Å². The number of benzene rings is 2. The maximum atomic E-state index is 13.0. The van der Waals surface area contributed by atoms with Gasteiger partial charge < -0.3 is 10.6 Å². The molecular weight excluding hydrogens is 377 g/mol. The number of thiazole rings is 1. The van der Waals surface area contributed by atoms with Crippen LogP contribution in [0, 0.1) is 19.7 Å². The van der Waals surface area contributed by atoms with E-state index in [4.69, 9.17) is 0 Å². The van der Waals surface area contributed by atoms with E-state index in [0.29, 0.717) is 18.7 Å².